The van der Waals surface area contributed by atoms with Gasteiger partial charge < -0.3 is 90.0 Å². The Kier molecular flexibility index (Phi) is 33.3. The lowest BCUT2D eigenvalue weighted by molar-refractivity contribution is -0.381. The van der Waals surface area contributed by atoms with Crippen molar-refractivity contribution in [2.75, 3.05) is 26.9 Å². The molecule has 0 radical (unpaired) electrons. The topological polar surface area (TPSA) is 365 Å². The first-order valence-corrected chi connectivity index (χ1v) is 38.2. The van der Waals surface area contributed by atoms with Crippen LogP contribution in [0.2, 0.25) is 0 Å². The number of alkyl halides is 3. The Hall–Kier alpha value is -9.44. The summed E-state index contributed by atoms with van der Waals surface area (Å²) >= 11 is 18.5. The summed E-state index contributed by atoms with van der Waals surface area (Å²) in [6, 6.07) is 59.8. The fourth-order valence-electron chi connectivity index (χ4n) is 13.4. The minimum absolute atomic E-state index is 0.0501. The van der Waals surface area contributed by atoms with E-state index in [0.29, 0.717) is 27.8 Å². The number of benzene rings is 7. The van der Waals surface area contributed by atoms with Crippen LogP contribution in [-0.2, 0) is 155 Å². The number of azide groups is 2. The molecule has 7 aromatic rings. The number of nitrogens with one attached hydrogen (secondary N) is 1. The lowest BCUT2D eigenvalue weighted by Gasteiger charge is -2.51. The molecule has 0 amide bonds. The Morgan fingerprint density at radius 2 is 0.716 bits per heavy atom. The molecule has 4 aliphatic rings. The van der Waals surface area contributed by atoms with Gasteiger partial charge in [0.1, 0.15) is 105 Å². The van der Waals surface area contributed by atoms with Gasteiger partial charge in [0, 0.05) is 23.7 Å². The summed E-state index contributed by atoms with van der Waals surface area (Å²) in [4.78, 5) is 62.8. The summed E-state index contributed by atoms with van der Waals surface area (Å²) < 4.78 is 124. The Morgan fingerprint density at radius 1 is 0.414 bits per heavy atom. The van der Waals surface area contributed by atoms with E-state index in [0.717, 1.165) is 25.2 Å². The average molecular weight is 1660 g/mol. The van der Waals surface area contributed by atoms with E-state index < -0.39 is 169 Å². The largest absolute Gasteiger partial charge is 0.467 e. The van der Waals surface area contributed by atoms with E-state index in [2.05, 4.69) is 26.6 Å². The zero-order valence-electron chi connectivity index (χ0n) is 63.3. The smallest absolute Gasteiger partial charge is 0.338 e. The van der Waals surface area contributed by atoms with E-state index in [-0.39, 0.29) is 52.9 Å². The highest BCUT2D eigenvalue weighted by molar-refractivity contribution is 6.76. The minimum atomic E-state index is -2.48. The summed E-state index contributed by atoms with van der Waals surface area (Å²) in [6.45, 7) is 3.39. The van der Waals surface area contributed by atoms with Gasteiger partial charge in [-0.1, -0.05) is 270 Å². The van der Waals surface area contributed by atoms with Gasteiger partial charge in [0.05, 0.1) is 53.4 Å². The standard InChI is InChI=1S/C83H88Cl3N7O23/c1-5-41-99-77(97)72-68(104-44-55-31-17-8-18-32-55)69(105-45-56-33-19-9-20-34-56)74(107-47-58-37-23-11-24-38-58)80(114-72)111-64-60(49-100-51(2)94)109-78(62(90-92-88)66(64)102-42-53-27-13-6-14-28-53)113-71-70(106-46-57-35-21-10-22-36-57)75(108-48-59-39-25-12-26-40-59)81(115-73(71)76(96)98-4)112-65-61(50-101-52(3)95)110-79(116-82(87)83(84,85)86)63(91-93-89)67(65)103-43-54-29-15-7-16-30-54/h5-40,60-75,78-81,87H,1,41-50H2,2-4H3/t60-,61-,62-,63-,64-,65-,66-,67-,68+,69+,70+,71+,72+,73+,74-,75-,78-,79?,80-,81-/m1/s1. The molecule has 4 heterocycles. The monoisotopic (exact) mass is 1660 g/mol. The average Bonchev–Trinajstić information content (AvgIpc) is 0.758. The summed E-state index contributed by atoms with van der Waals surface area (Å²) in [5.74, 6) is -4.55. The Labute approximate surface area is 684 Å². The minimum Gasteiger partial charge on any atom is -0.467 e. The number of hydrogen-bond donors (Lipinski definition) is 1. The molecule has 4 aliphatic heterocycles. The van der Waals surface area contributed by atoms with Gasteiger partial charge in [0.25, 0.3) is 3.79 Å². The van der Waals surface area contributed by atoms with Crippen molar-refractivity contribution in [1.82, 2.24) is 0 Å². The molecule has 1 unspecified atom stereocenters. The van der Waals surface area contributed by atoms with Crippen LogP contribution >= 0.6 is 34.8 Å². The number of halogens is 3. The van der Waals surface area contributed by atoms with Gasteiger partial charge in [-0.3, -0.25) is 15.0 Å². The summed E-state index contributed by atoms with van der Waals surface area (Å²) in [5.41, 5.74) is 25.9. The van der Waals surface area contributed by atoms with Crippen molar-refractivity contribution in [3.63, 3.8) is 0 Å². The van der Waals surface area contributed by atoms with Gasteiger partial charge in [-0.25, -0.2) is 9.59 Å². The lowest BCUT2D eigenvalue weighted by Crippen LogP contribution is -2.69. The van der Waals surface area contributed by atoms with E-state index in [1.165, 1.54) is 13.0 Å². The summed E-state index contributed by atoms with van der Waals surface area (Å²) in [5, 5.41) is 17.1. The van der Waals surface area contributed by atoms with Crippen molar-refractivity contribution >= 4 is 64.6 Å². The van der Waals surface area contributed by atoms with Crippen LogP contribution < -0.4 is 0 Å². The molecule has 33 heteroatoms. The van der Waals surface area contributed by atoms with E-state index in [9.17, 15) is 25.4 Å². The molecule has 0 aliphatic carbocycles. The Bertz CT molecular complexity index is 4350. The maximum atomic E-state index is 15.2. The first kappa shape index (κ1) is 87.4. The molecule has 7 aromatic carbocycles. The molecule has 116 heavy (non-hydrogen) atoms. The van der Waals surface area contributed by atoms with Crippen LogP contribution in [0.25, 0.3) is 20.9 Å². The van der Waals surface area contributed by atoms with Crippen LogP contribution in [-0.4, -0.2) is 183 Å². The van der Waals surface area contributed by atoms with E-state index in [1.54, 1.807) is 121 Å². The first-order chi connectivity index (χ1) is 56.4. The molecule has 30 nitrogen and oxygen atoms in total. The SMILES string of the molecule is C=CCOC(=O)[C@H]1O[C@@H](O[C@H]2[C@H](OCc3ccccc3)[C@@H](N=[N+]=[N-])[C@@H](O[C@H]3[C@H](OCc4ccccc4)[C@@H](OCc4ccccc4)[C@H](O[C@H]4[C@H](OCc5ccccc5)[C@@H](N=[N+]=[N-])C(OC(=N)C(Cl)(Cl)Cl)O[C@@H]4COC(C)=O)O[C@@H]3C(=O)OC)O[C@@H]2COC(C)=O)[C@H](OCc2ccccc2)[C@@H](OCc2ccccc2)[C@@H]1OCc1ccccc1. The van der Waals surface area contributed by atoms with Crippen LogP contribution in [0.5, 0.6) is 0 Å². The van der Waals surface area contributed by atoms with Crippen molar-refractivity contribution in [3.8, 4) is 0 Å². The number of hydrogen-bond acceptors (Lipinski definition) is 26. The van der Waals surface area contributed by atoms with Gasteiger partial charge >= 0.3 is 23.9 Å². The summed E-state index contributed by atoms with van der Waals surface area (Å²) in [7, 11) is 1.08. The number of carbonyl (C=O) groups excluding carboxylic acids is 4. The molecule has 0 aromatic heterocycles. The maximum Gasteiger partial charge on any atom is 0.338 e. The predicted molar refractivity (Wildman–Crippen MR) is 416 cm³/mol. The number of ether oxygens (including phenoxy) is 19. The zero-order valence-corrected chi connectivity index (χ0v) is 65.6. The number of methoxy groups -OCH3 is 1. The third-order valence-corrected chi connectivity index (χ3v) is 19.4. The zero-order chi connectivity index (χ0) is 81.8. The second-order valence-corrected chi connectivity index (χ2v) is 29.2. The normalized spacial score (nSPS) is 27.1. The lowest BCUT2D eigenvalue weighted by atomic mass is 9.93. The predicted octanol–water partition coefficient (Wildman–Crippen LogP) is 12.9. The van der Waals surface area contributed by atoms with E-state index in [1.807, 2.05) is 91.0 Å². The van der Waals surface area contributed by atoms with Gasteiger partial charge in [-0.05, 0) is 50.0 Å². The highest BCUT2D eigenvalue weighted by Crippen LogP contribution is 2.42. The molecule has 0 spiro atoms. The van der Waals surface area contributed by atoms with Crippen LogP contribution in [0.3, 0.4) is 0 Å². The molecule has 1 N–H and O–H groups in total. The molecule has 4 fully saturated rings. The van der Waals surface area contributed by atoms with Crippen molar-refractivity contribution < 1.29 is 109 Å². The van der Waals surface area contributed by atoms with Gasteiger partial charge in [0.15, 0.2) is 31.1 Å². The van der Waals surface area contributed by atoms with Crippen molar-refractivity contribution in [2.45, 2.75) is 187 Å². The fourth-order valence-corrected chi connectivity index (χ4v) is 13.5. The molecular formula is C83H88Cl3N7O23. The van der Waals surface area contributed by atoms with Gasteiger partial charge in [0.2, 0.25) is 12.2 Å². The second kappa shape index (κ2) is 44.2. The van der Waals surface area contributed by atoms with Crippen molar-refractivity contribution in [3.05, 3.63) is 285 Å². The number of esters is 4. The molecule has 4 saturated heterocycles. The molecule has 20 atom stereocenters. The highest BCUT2D eigenvalue weighted by Gasteiger charge is 2.61. The quantitative estimate of drug-likeness (QED) is 0.00432. The van der Waals surface area contributed by atoms with Gasteiger partial charge in [-0.15, -0.1) is 0 Å². The van der Waals surface area contributed by atoms with Crippen LogP contribution in [0, 0.1) is 5.41 Å². The molecule has 614 valence electrons. The van der Waals surface area contributed by atoms with E-state index in [4.69, 9.17) is 130 Å². The molecular weight excluding hydrogens is 1570 g/mol. The molecule has 0 saturated carbocycles. The highest BCUT2D eigenvalue weighted by atomic mass is 35.6. The number of rotatable bonds is 38. The Morgan fingerprint density at radius 3 is 1.04 bits per heavy atom. The fraction of sp³-hybridized carbons (Fsp3) is 0.410. The third kappa shape index (κ3) is 24.6. The van der Waals surface area contributed by atoms with Crippen LogP contribution in [0.1, 0.15) is 52.8 Å². The Balaban J connectivity index is 1.04. The van der Waals surface area contributed by atoms with Gasteiger partial charge in [-0.2, -0.15) is 0 Å². The third-order valence-electron chi connectivity index (χ3n) is 18.9. The molecule has 11 rings (SSSR count). The van der Waals surface area contributed by atoms with Crippen LogP contribution in [0.15, 0.2) is 235 Å². The second-order valence-electron chi connectivity index (χ2n) is 26.9. The summed E-state index contributed by atoms with van der Waals surface area (Å²) in [6.07, 6.45) is -28.1. The first-order valence-electron chi connectivity index (χ1n) is 37.1. The maximum absolute atomic E-state index is 15.2. The van der Waals surface area contributed by atoms with Crippen LogP contribution in [0.4, 0.5) is 0 Å². The van der Waals surface area contributed by atoms with E-state index >= 15 is 4.79 Å². The molecule has 0 bridgehead atoms. The number of nitrogens with zero attached hydrogens (tertiary/aromatic N) is 6. The number of carbonyl (C=O) groups is 4. The van der Waals surface area contributed by atoms with Crippen molar-refractivity contribution in [1.29, 1.82) is 5.41 Å². The van der Waals surface area contributed by atoms with Crippen molar-refractivity contribution in [2.24, 2.45) is 10.2 Å².